The molecule has 2 atom stereocenters. The van der Waals surface area contributed by atoms with Crippen molar-refractivity contribution in [3.63, 3.8) is 0 Å². The summed E-state index contributed by atoms with van der Waals surface area (Å²) in [6.07, 6.45) is 0. The zero-order valence-electron chi connectivity index (χ0n) is 17.0. The molecule has 29 heavy (non-hydrogen) atoms. The van der Waals surface area contributed by atoms with Crippen molar-refractivity contribution in [3.05, 3.63) is 102 Å². The summed E-state index contributed by atoms with van der Waals surface area (Å²) in [7, 11) is -3.75. The molecule has 0 aliphatic heterocycles. The van der Waals surface area contributed by atoms with Crippen molar-refractivity contribution in [2.45, 2.75) is 43.2 Å². The fraction of sp³-hybridized carbons (Fsp3) is 0.250. The predicted octanol–water partition coefficient (Wildman–Crippen LogP) is 4.70. The first kappa shape index (κ1) is 21.2. The van der Waals surface area contributed by atoms with Crippen LogP contribution < -0.4 is 10.5 Å². The van der Waals surface area contributed by atoms with E-state index >= 15 is 0 Å². The van der Waals surface area contributed by atoms with Crippen LogP contribution in [0.1, 0.15) is 49.5 Å². The lowest BCUT2D eigenvalue weighted by Gasteiger charge is -2.26. The molecule has 5 heteroatoms. The van der Waals surface area contributed by atoms with Crippen LogP contribution in [-0.2, 0) is 15.4 Å². The summed E-state index contributed by atoms with van der Waals surface area (Å²) >= 11 is 0. The highest BCUT2D eigenvalue weighted by atomic mass is 32.2. The molecular weight excluding hydrogens is 380 g/mol. The molecule has 0 radical (unpaired) electrons. The summed E-state index contributed by atoms with van der Waals surface area (Å²) in [6, 6.07) is 24.9. The number of benzene rings is 3. The van der Waals surface area contributed by atoms with Gasteiger partial charge in [-0.05, 0) is 34.2 Å². The summed E-state index contributed by atoms with van der Waals surface area (Å²) in [5, 5.41) is 0. The second-order valence-corrected chi connectivity index (χ2v) is 9.93. The lowest BCUT2D eigenvalue weighted by molar-refractivity contribution is 0.504. The normalized spacial score (nSPS) is 14.3. The van der Waals surface area contributed by atoms with E-state index in [1.165, 1.54) is 0 Å². The predicted molar refractivity (Wildman–Crippen MR) is 118 cm³/mol. The minimum absolute atomic E-state index is 0.0437. The number of hydrogen-bond acceptors (Lipinski definition) is 3. The third kappa shape index (κ3) is 5.12. The van der Waals surface area contributed by atoms with Gasteiger partial charge in [-0.1, -0.05) is 93.6 Å². The number of nitrogens with two attached hydrogens (primary N) is 1. The molecule has 3 rings (SSSR count). The van der Waals surface area contributed by atoms with E-state index in [2.05, 4.69) is 25.5 Å². The van der Waals surface area contributed by atoms with Gasteiger partial charge in [0.15, 0.2) is 0 Å². The largest absolute Gasteiger partial charge is 0.322 e. The maximum absolute atomic E-state index is 13.1. The third-order valence-corrected chi connectivity index (χ3v) is 6.47. The van der Waals surface area contributed by atoms with Gasteiger partial charge in [0.05, 0.1) is 17.0 Å². The van der Waals surface area contributed by atoms with Gasteiger partial charge in [-0.3, -0.25) is 0 Å². The highest BCUT2D eigenvalue weighted by Gasteiger charge is 2.27. The Morgan fingerprint density at radius 2 is 1.24 bits per heavy atom. The highest BCUT2D eigenvalue weighted by Crippen LogP contribution is 2.29. The van der Waals surface area contributed by atoms with Crippen LogP contribution in [0.25, 0.3) is 0 Å². The molecule has 152 valence electrons. The average Bonchev–Trinajstić information content (AvgIpc) is 2.72. The van der Waals surface area contributed by atoms with Gasteiger partial charge in [-0.2, -0.15) is 0 Å². The van der Waals surface area contributed by atoms with Crippen LogP contribution in [0.2, 0.25) is 0 Å². The molecule has 3 aromatic carbocycles. The van der Waals surface area contributed by atoms with Crippen LogP contribution in [0.4, 0.5) is 0 Å². The molecule has 0 saturated carbocycles. The maximum Gasteiger partial charge on any atom is 0.241 e. The summed E-state index contributed by atoms with van der Waals surface area (Å²) in [6.45, 7) is 6.29. The zero-order valence-corrected chi connectivity index (χ0v) is 17.9. The average molecular weight is 409 g/mol. The van der Waals surface area contributed by atoms with Crippen LogP contribution >= 0.6 is 0 Å². The van der Waals surface area contributed by atoms with Gasteiger partial charge in [0.2, 0.25) is 10.0 Å². The van der Waals surface area contributed by atoms with Gasteiger partial charge in [0.25, 0.3) is 0 Å². The Balaban J connectivity index is 1.95. The molecule has 0 aromatic heterocycles. The first-order chi connectivity index (χ1) is 13.7. The van der Waals surface area contributed by atoms with E-state index in [1.807, 2.05) is 72.8 Å². The van der Waals surface area contributed by atoms with E-state index in [0.29, 0.717) is 0 Å². The molecule has 0 spiro atoms. The lowest BCUT2D eigenvalue weighted by atomic mass is 9.87. The van der Waals surface area contributed by atoms with Crippen molar-refractivity contribution < 1.29 is 8.42 Å². The Morgan fingerprint density at radius 3 is 1.72 bits per heavy atom. The molecule has 3 N–H and O–H groups in total. The van der Waals surface area contributed by atoms with Crippen molar-refractivity contribution in [1.82, 2.24) is 4.72 Å². The lowest BCUT2D eigenvalue weighted by Crippen LogP contribution is -2.36. The topological polar surface area (TPSA) is 72.2 Å². The Morgan fingerprint density at radius 1 is 0.759 bits per heavy atom. The first-order valence-corrected chi connectivity index (χ1v) is 11.2. The van der Waals surface area contributed by atoms with E-state index < -0.39 is 22.1 Å². The first-order valence-electron chi connectivity index (χ1n) is 9.67. The van der Waals surface area contributed by atoms with Crippen molar-refractivity contribution in [2.24, 2.45) is 5.73 Å². The monoisotopic (exact) mass is 408 g/mol. The van der Waals surface area contributed by atoms with Crippen molar-refractivity contribution >= 4 is 10.0 Å². The van der Waals surface area contributed by atoms with Crippen LogP contribution in [0, 0.1) is 0 Å². The van der Waals surface area contributed by atoms with E-state index in [0.717, 1.165) is 16.7 Å². The summed E-state index contributed by atoms with van der Waals surface area (Å²) < 4.78 is 29.1. The summed E-state index contributed by atoms with van der Waals surface area (Å²) in [4.78, 5) is 0.228. The number of rotatable bonds is 6. The van der Waals surface area contributed by atoms with Gasteiger partial charge < -0.3 is 5.73 Å². The minimum Gasteiger partial charge on any atom is -0.322 e. The third-order valence-electron chi connectivity index (χ3n) is 5.02. The molecule has 0 aliphatic rings. The van der Waals surface area contributed by atoms with Crippen LogP contribution in [-0.4, -0.2) is 8.42 Å². The summed E-state index contributed by atoms with van der Waals surface area (Å²) in [5.41, 5.74) is 9.23. The molecule has 4 nitrogen and oxygen atoms in total. The van der Waals surface area contributed by atoms with Gasteiger partial charge in [-0.15, -0.1) is 0 Å². The van der Waals surface area contributed by atoms with Crippen molar-refractivity contribution in [1.29, 1.82) is 0 Å². The Hall–Kier alpha value is -2.47. The SMILES string of the molecule is CC(C)(C)c1ccc(S(=O)(=O)N[C@H](c2ccccc2)C(N)c2ccccc2)cc1. The van der Waals surface area contributed by atoms with Crippen molar-refractivity contribution in [3.8, 4) is 0 Å². The van der Waals surface area contributed by atoms with Crippen LogP contribution in [0.5, 0.6) is 0 Å². The van der Waals surface area contributed by atoms with Crippen molar-refractivity contribution in [2.75, 3.05) is 0 Å². The van der Waals surface area contributed by atoms with Crippen LogP contribution in [0.15, 0.2) is 89.8 Å². The van der Waals surface area contributed by atoms with Crippen LogP contribution in [0.3, 0.4) is 0 Å². The number of nitrogens with one attached hydrogen (secondary N) is 1. The minimum atomic E-state index is -3.75. The molecule has 0 amide bonds. The second-order valence-electron chi connectivity index (χ2n) is 8.22. The maximum atomic E-state index is 13.1. The highest BCUT2D eigenvalue weighted by molar-refractivity contribution is 7.89. The Kier molecular flexibility index (Phi) is 6.22. The van der Waals surface area contributed by atoms with Gasteiger partial charge in [-0.25, -0.2) is 13.1 Å². The summed E-state index contributed by atoms with van der Waals surface area (Å²) in [5.74, 6) is 0. The molecule has 0 heterocycles. The fourth-order valence-corrected chi connectivity index (χ4v) is 4.49. The fourth-order valence-electron chi connectivity index (χ4n) is 3.25. The van der Waals surface area contributed by atoms with E-state index in [1.54, 1.807) is 12.1 Å². The molecule has 0 saturated heterocycles. The molecule has 1 unspecified atom stereocenters. The molecule has 0 aliphatic carbocycles. The Labute approximate surface area is 173 Å². The Bertz CT molecular complexity index is 1030. The smallest absolute Gasteiger partial charge is 0.241 e. The molecule has 3 aromatic rings. The molecular formula is C24H28N2O2S. The van der Waals surface area contributed by atoms with Gasteiger partial charge in [0, 0.05) is 0 Å². The quantitative estimate of drug-likeness (QED) is 0.621. The molecule has 0 bridgehead atoms. The van der Waals surface area contributed by atoms with Gasteiger partial charge >= 0.3 is 0 Å². The van der Waals surface area contributed by atoms with E-state index in [-0.39, 0.29) is 10.3 Å². The second kappa shape index (κ2) is 8.49. The van der Waals surface area contributed by atoms with Gasteiger partial charge in [0.1, 0.15) is 0 Å². The zero-order chi connectivity index (χ0) is 21.1. The molecule has 0 fully saturated rings. The van der Waals surface area contributed by atoms with E-state index in [4.69, 9.17) is 5.73 Å². The number of sulfonamides is 1. The van der Waals surface area contributed by atoms with E-state index in [9.17, 15) is 8.42 Å². The number of hydrogen-bond donors (Lipinski definition) is 2. The standard InChI is InChI=1S/C24H28N2O2S/c1-24(2,3)20-14-16-21(17-15-20)29(27,28)26-23(19-12-8-5-9-13-19)22(25)18-10-6-4-7-11-18/h4-17,22-23,26H,25H2,1-3H3/t22?,23-/m1/s1.